The molecule has 1 unspecified atom stereocenters. The molecule has 4 rings (SSSR count). The number of rotatable bonds is 6. The van der Waals surface area contributed by atoms with Gasteiger partial charge in [-0.15, -0.1) is 0 Å². The highest BCUT2D eigenvalue weighted by Crippen LogP contribution is 2.27. The number of fused-ring (bicyclic) bond motifs is 1. The molecule has 3 aromatic rings. The smallest absolute Gasteiger partial charge is 0.134 e. The molecule has 1 saturated heterocycles. The molecule has 2 N–H and O–H groups in total. The van der Waals surface area contributed by atoms with Gasteiger partial charge >= 0.3 is 0 Å². The molecule has 156 valence electrons. The maximum Gasteiger partial charge on any atom is 0.134 e. The normalized spacial score (nSPS) is 16.2. The van der Waals surface area contributed by atoms with E-state index >= 15 is 0 Å². The average molecular weight is 422 g/mol. The van der Waals surface area contributed by atoms with Crippen molar-refractivity contribution in [3.63, 3.8) is 0 Å². The van der Waals surface area contributed by atoms with E-state index in [2.05, 4.69) is 51.8 Å². The Hall–Kier alpha value is -2.56. The van der Waals surface area contributed by atoms with E-state index in [1.165, 1.54) is 48.7 Å². The molecule has 1 heterocycles. The molecular weight excluding hydrogens is 394 g/mol. The molecule has 5 heteroatoms. The largest absolute Gasteiger partial charge is 0.506 e. The van der Waals surface area contributed by atoms with Gasteiger partial charge in [-0.3, -0.25) is 4.90 Å². The van der Waals surface area contributed by atoms with Crippen molar-refractivity contribution in [3.8, 4) is 5.75 Å². The average Bonchev–Trinajstić information content (AvgIpc) is 2.77. The Balaban J connectivity index is 1.51. The fourth-order valence-corrected chi connectivity index (χ4v) is 4.27. The number of nitrogens with one attached hydrogen (secondary N) is 1. The minimum absolute atomic E-state index is 0.0241. The summed E-state index contributed by atoms with van der Waals surface area (Å²) < 4.78 is 0. The number of likely N-dealkylation sites (tertiary alicyclic amines) is 1. The Morgan fingerprint density at radius 2 is 1.83 bits per heavy atom. The van der Waals surface area contributed by atoms with Crippen molar-refractivity contribution >= 4 is 28.6 Å². The van der Waals surface area contributed by atoms with Crippen LogP contribution < -0.4 is 5.43 Å². The van der Waals surface area contributed by atoms with Crippen LogP contribution in [0.3, 0.4) is 0 Å². The predicted molar refractivity (Wildman–Crippen MR) is 125 cm³/mol. The van der Waals surface area contributed by atoms with Gasteiger partial charge in [-0.25, -0.2) is 0 Å². The number of hydrazone groups is 1. The summed E-state index contributed by atoms with van der Waals surface area (Å²) in [6.45, 7) is 5.41. The van der Waals surface area contributed by atoms with Gasteiger partial charge in [0.1, 0.15) is 5.75 Å². The minimum atomic E-state index is -0.0241. The number of piperidine rings is 1. The number of hydrogen-bond acceptors (Lipinski definition) is 4. The molecule has 0 aromatic heterocycles. The molecule has 1 aliphatic heterocycles. The molecule has 30 heavy (non-hydrogen) atoms. The van der Waals surface area contributed by atoms with E-state index in [4.69, 9.17) is 11.6 Å². The second kappa shape index (κ2) is 9.50. The number of nitrogens with zero attached hydrogens (tertiary/aromatic N) is 2. The molecule has 3 aromatic carbocycles. The van der Waals surface area contributed by atoms with Gasteiger partial charge < -0.3 is 10.5 Å². The van der Waals surface area contributed by atoms with Crippen molar-refractivity contribution < 1.29 is 5.11 Å². The van der Waals surface area contributed by atoms with Gasteiger partial charge in [0.05, 0.1) is 17.3 Å². The minimum Gasteiger partial charge on any atom is -0.506 e. The topological polar surface area (TPSA) is 47.9 Å². The molecular formula is C25H28ClN3O. The third kappa shape index (κ3) is 4.77. The molecule has 0 spiro atoms. The quantitative estimate of drug-likeness (QED) is 0.386. The van der Waals surface area contributed by atoms with E-state index in [-0.39, 0.29) is 11.8 Å². The Bertz CT molecular complexity index is 1040. The lowest BCUT2D eigenvalue weighted by molar-refractivity contribution is 0.221. The van der Waals surface area contributed by atoms with E-state index in [0.29, 0.717) is 5.02 Å². The number of phenolic OH excluding ortho intramolecular Hbond substituents is 1. The van der Waals surface area contributed by atoms with Gasteiger partial charge in [-0.1, -0.05) is 60.5 Å². The van der Waals surface area contributed by atoms with Crippen LogP contribution in [0, 0.1) is 0 Å². The van der Waals surface area contributed by atoms with Crippen LogP contribution in [0.15, 0.2) is 59.7 Å². The fraction of sp³-hybridized carbons (Fsp3) is 0.320. The summed E-state index contributed by atoms with van der Waals surface area (Å²) in [4.78, 5) is 2.56. The van der Waals surface area contributed by atoms with Crippen LogP contribution in [-0.4, -0.2) is 29.3 Å². The number of hydrogen-bond donors (Lipinski definition) is 2. The van der Waals surface area contributed by atoms with E-state index in [1.807, 2.05) is 19.2 Å². The van der Waals surface area contributed by atoms with Crippen molar-refractivity contribution in [2.45, 2.75) is 38.8 Å². The van der Waals surface area contributed by atoms with Crippen LogP contribution in [0.2, 0.25) is 5.02 Å². The maximum absolute atomic E-state index is 9.59. The molecule has 1 aliphatic rings. The summed E-state index contributed by atoms with van der Waals surface area (Å²) in [6, 6.07) is 18.2. The summed E-state index contributed by atoms with van der Waals surface area (Å²) in [7, 11) is 0. The van der Waals surface area contributed by atoms with E-state index < -0.39 is 0 Å². The van der Waals surface area contributed by atoms with Crippen LogP contribution in [0.4, 0.5) is 0 Å². The van der Waals surface area contributed by atoms with E-state index in [1.54, 1.807) is 12.1 Å². The summed E-state index contributed by atoms with van der Waals surface area (Å²) >= 11 is 6.02. The van der Waals surface area contributed by atoms with Crippen molar-refractivity contribution in [2.24, 2.45) is 5.10 Å². The Labute approximate surface area is 183 Å². The fourth-order valence-electron chi connectivity index (χ4n) is 4.08. The third-order valence-corrected chi connectivity index (χ3v) is 6.14. The number of phenols is 1. The number of benzene rings is 3. The zero-order valence-electron chi connectivity index (χ0n) is 17.3. The van der Waals surface area contributed by atoms with E-state index in [0.717, 1.165) is 17.7 Å². The number of aromatic hydroxyl groups is 1. The van der Waals surface area contributed by atoms with Crippen LogP contribution >= 0.6 is 11.6 Å². The standard InChI is InChI=1S/C25H28ClN3O/c1-18(19-11-12-25(30)24(26)15-19)28-27-16-20-9-10-21(17-29-13-5-2-6-14-29)23-8-4-3-7-22(20)23/h3-4,7-12,15-16,18,28,30H,2,5-6,13-14,17H2,1H3/b27-16+. The molecule has 0 radical (unpaired) electrons. The molecule has 0 bridgehead atoms. The lowest BCUT2D eigenvalue weighted by atomic mass is 9.99. The van der Waals surface area contributed by atoms with Gasteiger partial charge in [0.2, 0.25) is 0 Å². The second-order valence-corrected chi connectivity index (χ2v) is 8.42. The van der Waals surface area contributed by atoms with Crippen molar-refractivity contribution in [1.82, 2.24) is 10.3 Å². The maximum atomic E-state index is 9.59. The van der Waals surface area contributed by atoms with Crippen molar-refractivity contribution in [3.05, 3.63) is 76.3 Å². The highest BCUT2D eigenvalue weighted by molar-refractivity contribution is 6.32. The first-order chi connectivity index (χ1) is 14.6. The van der Waals surface area contributed by atoms with E-state index in [9.17, 15) is 5.11 Å². The Morgan fingerprint density at radius 1 is 1.07 bits per heavy atom. The predicted octanol–water partition coefficient (Wildman–Crippen LogP) is 5.87. The first-order valence-corrected chi connectivity index (χ1v) is 11.0. The zero-order chi connectivity index (χ0) is 20.9. The highest BCUT2D eigenvalue weighted by Gasteiger charge is 2.13. The molecule has 0 saturated carbocycles. The molecule has 4 nitrogen and oxygen atoms in total. The van der Waals surface area contributed by atoms with Crippen LogP contribution in [0.1, 0.15) is 48.9 Å². The summed E-state index contributed by atoms with van der Waals surface area (Å²) in [5.74, 6) is 0.0900. The summed E-state index contributed by atoms with van der Waals surface area (Å²) in [6.07, 6.45) is 5.84. The Kier molecular flexibility index (Phi) is 6.56. The lowest BCUT2D eigenvalue weighted by Crippen LogP contribution is -2.29. The number of halogens is 1. The van der Waals surface area contributed by atoms with Crippen molar-refractivity contribution in [1.29, 1.82) is 0 Å². The van der Waals surface area contributed by atoms with Crippen LogP contribution in [0.25, 0.3) is 10.8 Å². The molecule has 1 fully saturated rings. The van der Waals surface area contributed by atoms with Crippen molar-refractivity contribution in [2.75, 3.05) is 13.1 Å². The van der Waals surface area contributed by atoms with Gasteiger partial charge in [0.15, 0.2) is 0 Å². The van der Waals surface area contributed by atoms with Crippen LogP contribution in [0.5, 0.6) is 5.75 Å². The van der Waals surface area contributed by atoms with Gasteiger partial charge in [-0.05, 0) is 66.9 Å². The first-order valence-electron chi connectivity index (χ1n) is 10.6. The lowest BCUT2D eigenvalue weighted by Gasteiger charge is -2.27. The molecule has 0 aliphatic carbocycles. The zero-order valence-corrected chi connectivity index (χ0v) is 18.1. The Morgan fingerprint density at radius 3 is 2.60 bits per heavy atom. The summed E-state index contributed by atoms with van der Waals surface area (Å²) in [5, 5.41) is 16.9. The third-order valence-electron chi connectivity index (χ3n) is 5.83. The molecule has 1 atom stereocenters. The summed E-state index contributed by atoms with van der Waals surface area (Å²) in [5.41, 5.74) is 6.60. The first kappa shape index (κ1) is 20.7. The SMILES string of the molecule is CC(N/N=C/c1ccc(CN2CCCCC2)c2ccccc12)c1ccc(O)c(Cl)c1. The monoisotopic (exact) mass is 421 g/mol. The van der Waals surface area contributed by atoms with Gasteiger partial charge in [0, 0.05) is 12.1 Å². The van der Waals surface area contributed by atoms with Gasteiger partial charge in [-0.2, -0.15) is 5.10 Å². The van der Waals surface area contributed by atoms with Crippen LogP contribution in [-0.2, 0) is 6.54 Å². The van der Waals surface area contributed by atoms with Gasteiger partial charge in [0.25, 0.3) is 0 Å². The highest BCUT2D eigenvalue weighted by atomic mass is 35.5. The molecule has 0 amide bonds. The second-order valence-electron chi connectivity index (χ2n) is 8.02.